The van der Waals surface area contributed by atoms with Gasteiger partial charge in [0.05, 0.1) is 11.8 Å². The van der Waals surface area contributed by atoms with Crippen LogP contribution in [0.25, 0.3) is 0 Å². The van der Waals surface area contributed by atoms with Crippen LogP contribution in [0.3, 0.4) is 0 Å². The zero-order valence-corrected chi connectivity index (χ0v) is 8.35. The average Bonchev–Trinajstić information content (AvgIpc) is 2.43. The lowest BCUT2D eigenvalue weighted by atomic mass is 10.3. The molecule has 1 heterocycles. The smallest absolute Gasteiger partial charge is 0.239 e. The Morgan fingerprint density at radius 1 is 1.77 bits per heavy atom. The van der Waals surface area contributed by atoms with Crippen molar-refractivity contribution < 1.29 is 4.79 Å². The van der Waals surface area contributed by atoms with Gasteiger partial charge in [0.1, 0.15) is 0 Å². The van der Waals surface area contributed by atoms with E-state index in [9.17, 15) is 4.79 Å². The number of thioether (sulfide) groups is 1. The number of hydrogen-bond acceptors (Lipinski definition) is 3. The molecule has 2 N–H and O–H groups in total. The highest BCUT2D eigenvalue weighted by Crippen LogP contribution is 2.10. The summed E-state index contributed by atoms with van der Waals surface area (Å²) in [6, 6.07) is -0.266. The van der Waals surface area contributed by atoms with Gasteiger partial charge < -0.3 is 10.6 Å². The maximum atomic E-state index is 11.3. The van der Waals surface area contributed by atoms with Crippen LogP contribution in [0.2, 0.25) is 0 Å². The van der Waals surface area contributed by atoms with Crippen molar-refractivity contribution in [1.29, 1.82) is 0 Å². The highest BCUT2D eigenvalue weighted by molar-refractivity contribution is 7.99. The third-order valence-electron chi connectivity index (χ3n) is 2.03. The molecule has 1 rings (SSSR count). The van der Waals surface area contributed by atoms with Crippen molar-refractivity contribution in [3.05, 3.63) is 0 Å². The summed E-state index contributed by atoms with van der Waals surface area (Å²) >= 11 is 1.67. The van der Waals surface area contributed by atoms with Crippen LogP contribution in [0.15, 0.2) is 0 Å². The molecule has 0 saturated carbocycles. The molecule has 1 aliphatic rings. The summed E-state index contributed by atoms with van der Waals surface area (Å²) in [5, 5.41) is 0. The molecule has 0 aliphatic carbocycles. The highest BCUT2D eigenvalue weighted by atomic mass is 32.2. The fourth-order valence-corrected chi connectivity index (χ4v) is 1.90. The van der Waals surface area contributed by atoms with E-state index in [1.807, 2.05) is 4.90 Å². The van der Waals surface area contributed by atoms with E-state index < -0.39 is 0 Å². The molecule has 1 aliphatic heterocycles. The van der Waals surface area contributed by atoms with E-state index in [1.54, 1.807) is 11.8 Å². The normalized spacial score (nSPS) is 22.0. The number of likely N-dealkylation sites (tertiary alicyclic amines) is 1. The minimum absolute atomic E-state index is 0.0845. The van der Waals surface area contributed by atoms with E-state index in [0.717, 1.165) is 25.3 Å². The molecule has 72 valence electrons. The largest absolute Gasteiger partial charge is 0.340 e. The van der Waals surface area contributed by atoms with Crippen LogP contribution in [0.1, 0.15) is 6.42 Å². The second kappa shape index (κ2) is 5.15. The summed E-state index contributed by atoms with van der Waals surface area (Å²) < 4.78 is 0. The minimum atomic E-state index is -0.266. The average molecular weight is 198 g/mol. The molecule has 1 unspecified atom stereocenters. The van der Waals surface area contributed by atoms with Crippen molar-refractivity contribution in [2.24, 2.45) is 5.73 Å². The summed E-state index contributed by atoms with van der Waals surface area (Å²) in [4.78, 5) is 13.1. The van der Waals surface area contributed by atoms with E-state index in [-0.39, 0.29) is 11.9 Å². The Balaban J connectivity index is 2.16. The monoisotopic (exact) mass is 198 g/mol. The van der Waals surface area contributed by atoms with Crippen molar-refractivity contribution in [2.45, 2.75) is 12.5 Å². The Hall–Kier alpha value is -0.660. The second-order valence-corrected chi connectivity index (χ2v) is 4.08. The first-order chi connectivity index (χ1) is 6.25. The molecule has 1 saturated heterocycles. The number of rotatable bonds is 4. The molecular weight excluding hydrogens is 184 g/mol. The lowest BCUT2D eigenvalue weighted by molar-refractivity contribution is -0.128. The molecule has 3 nitrogen and oxygen atoms in total. The van der Waals surface area contributed by atoms with Crippen molar-refractivity contribution in [2.75, 3.05) is 24.6 Å². The lowest BCUT2D eigenvalue weighted by Crippen LogP contribution is -2.35. The van der Waals surface area contributed by atoms with Gasteiger partial charge in [0.2, 0.25) is 5.91 Å². The first-order valence-electron chi connectivity index (χ1n) is 4.31. The Kier molecular flexibility index (Phi) is 4.13. The van der Waals surface area contributed by atoms with Gasteiger partial charge >= 0.3 is 0 Å². The van der Waals surface area contributed by atoms with E-state index in [0.29, 0.717) is 5.75 Å². The summed E-state index contributed by atoms with van der Waals surface area (Å²) in [6.45, 7) is 1.58. The van der Waals surface area contributed by atoms with Crippen LogP contribution in [-0.2, 0) is 4.79 Å². The van der Waals surface area contributed by atoms with Crippen molar-refractivity contribution in [3.63, 3.8) is 0 Å². The highest BCUT2D eigenvalue weighted by Gasteiger charge is 2.27. The topological polar surface area (TPSA) is 46.3 Å². The molecular formula is C9H14N2OS. The van der Waals surface area contributed by atoms with Crippen LogP contribution in [0.4, 0.5) is 0 Å². The molecule has 0 aromatic carbocycles. The summed E-state index contributed by atoms with van der Waals surface area (Å²) in [6.07, 6.45) is 5.89. The van der Waals surface area contributed by atoms with Crippen LogP contribution >= 0.6 is 11.8 Å². The van der Waals surface area contributed by atoms with Crippen molar-refractivity contribution in [1.82, 2.24) is 4.90 Å². The number of terminal acetylenes is 1. The molecule has 4 heteroatoms. The number of carbonyl (C=O) groups is 1. The maximum Gasteiger partial charge on any atom is 0.239 e. The molecule has 0 aromatic rings. The van der Waals surface area contributed by atoms with Gasteiger partial charge in [-0.3, -0.25) is 4.79 Å². The molecule has 1 fully saturated rings. The standard InChI is InChI=1S/C9H14N2OS/c1-2-6-13-7-5-11-4-3-8(10)9(11)12/h1,8H,3-7,10H2. The van der Waals surface area contributed by atoms with Crippen LogP contribution in [0.5, 0.6) is 0 Å². The van der Waals surface area contributed by atoms with Crippen molar-refractivity contribution in [3.8, 4) is 12.3 Å². The number of carbonyl (C=O) groups excluding carboxylic acids is 1. The molecule has 13 heavy (non-hydrogen) atoms. The van der Waals surface area contributed by atoms with Gasteiger partial charge in [-0.05, 0) is 6.42 Å². The summed E-state index contributed by atoms with van der Waals surface area (Å²) in [5.41, 5.74) is 5.57. The minimum Gasteiger partial charge on any atom is -0.340 e. The first-order valence-corrected chi connectivity index (χ1v) is 5.46. The fourth-order valence-electron chi connectivity index (χ4n) is 1.29. The summed E-state index contributed by atoms with van der Waals surface area (Å²) in [5.74, 6) is 4.25. The van der Waals surface area contributed by atoms with E-state index in [1.165, 1.54) is 0 Å². The summed E-state index contributed by atoms with van der Waals surface area (Å²) in [7, 11) is 0. The molecule has 1 amide bonds. The maximum absolute atomic E-state index is 11.3. The van der Waals surface area contributed by atoms with E-state index in [2.05, 4.69) is 5.92 Å². The first kappa shape index (κ1) is 10.4. The zero-order valence-electron chi connectivity index (χ0n) is 7.53. The lowest BCUT2D eigenvalue weighted by Gasteiger charge is -2.14. The van der Waals surface area contributed by atoms with E-state index in [4.69, 9.17) is 12.2 Å². The predicted molar refractivity (Wildman–Crippen MR) is 55.3 cm³/mol. The van der Waals surface area contributed by atoms with Gasteiger partial charge in [0.15, 0.2) is 0 Å². The Morgan fingerprint density at radius 2 is 2.54 bits per heavy atom. The third kappa shape index (κ3) is 2.94. The molecule has 0 spiro atoms. The molecule has 1 atom stereocenters. The predicted octanol–water partition coefficient (Wildman–Crippen LogP) is -0.0876. The zero-order chi connectivity index (χ0) is 9.68. The Morgan fingerprint density at radius 3 is 3.08 bits per heavy atom. The number of amides is 1. The third-order valence-corrected chi connectivity index (χ3v) is 2.87. The van der Waals surface area contributed by atoms with Crippen molar-refractivity contribution >= 4 is 17.7 Å². The van der Waals surface area contributed by atoms with Gasteiger partial charge in [0, 0.05) is 18.8 Å². The van der Waals surface area contributed by atoms with Gasteiger partial charge in [-0.2, -0.15) is 0 Å². The Bertz CT molecular complexity index is 224. The fraction of sp³-hybridized carbons (Fsp3) is 0.667. The van der Waals surface area contributed by atoms with Crippen LogP contribution in [0, 0.1) is 12.3 Å². The van der Waals surface area contributed by atoms with Gasteiger partial charge in [-0.15, -0.1) is 18.2 Å². The van der Waals surface area contributed by atoms with Gasteiger partial charge in [0.25, 0.3) is 0 Å². The van der Waals surface area contributed by atoms with Crippen LogP contribution < -0.4 is 5.73 Å². The molecule has 0 aromatic heterocycles. The van der Waals surface area contributed by atoms with Gasteiger partial charge in [-0.25, -0.2) is 0 Å². The Labute approximate surface area is 83.0 Å². The quantitative estimate of drug-likeness (QED) is 0.507. The number of nitrogens with two attached hydrogens (primary N) is 1. The number of hydrogen-bond donors (Lipinski definition) is 1. The molecule has 0 radical (unpaired) electrons. The second-order valence-electron chi connectivity index (χ2n) is 2.98. The van der Waals surface area contributed by atoms with Crippen LogP contribution in [-0.4, -0.2) is 41.4 Å². The number of nitrogens with zero attached hydrogens (tertiary/aromatic N) is 1. The SMILES string of the molecule is C#CCSCCN1CCC(N)C1=O. The molecule has 0 bridgehead atoms. The van der Waals surface area contributed by atoms with E-state index >= 15 is 0 Å². The van der Waals surface area contributed by atoms with Gasteiger partial charge in [-0.1, -0.05) is 5.92 Å².